The normalized spacial score (nSPS) is 20.4. The second kappa shape index (κ2) is 20.0. The molecule has 2 aliphatic rings. The molecule has 2 rings (SSSR count). The van der Waals surface area contributed by atoms with Gasteiger partial charge in [-0.1, -0.05) is 13.8 Å². The van der Waals surface area contributed by atoms with Crippen molar-refractivity contribution in [3.63, 3.8) is 0 Å². The maximum atomic E-state index is 13.6. The lowest BCUT2D eigenvalue weighted by Gasteiger charge is -2.28. The number of carboxylic acids is 1. The van der Waals surface area contributed by atoms with Gasteiger partial charge in [-0.15, -0.1) is 0 Å². The first kappa shape index (κ1) is 38.9. The van der Waals surface area contributed by atoms with Crippen molar-refractivity contribution in [2.45, 2.75) is 128 Å². The quantitative estimate of drug-likeness (QED) is 0.0753. The molecule has 0 aliphatic carbocycles. The first-order valence-corrected chi connectivity index (χ1v) is 16.8. The minimum Gasteiger partial charge on any atom is -0.480 e. The zero-order valence-electron chi connectivity index (χ0n) is 27.6. The summed E-state index contributed by atoms with van der Waals surface area (Å²) in [6.07, 6.45) is 5.75. The highest BCUT2D eigenvalue weighted by Crippen LogP contribution is 2.19. The molecule has 262 valence electrons. The lowest BCUT2D eigenvalue weighted by atomic mass is 10.0. The summed E-state index contributed by atoms with van der Waals surface area (Å²) < 4.78 is 0. The Morgan fingerprint density at radius 1 is 0.783 bits per heavy atom. The van der Waals surface area contributed by atoms with Crippen molar-refractivity contribution < 1.29 is 33.9 Å². The second-order valence-corrected chi connectivity index (χ2v) is 12.8. The zero-order valence-corrected chi connectivity index (χ0v) is 27.6. The predicted molar refractivity (Wildman–Crippen MR) is 172 cm³/mol. The van der Waals surface area contributed by atoms with Crippen molar-refractivity contribution in [2.24, 2.45) is 17.4 Å². The maximum absolute atomic E-state index is 13.6. The van der Waals surface area contributed by atoms with Gasteiger partial charge in [-0.2, -0.15) is 0 Å². The monoisotopic (exact) mass is 652 g/mol. The van der Waals surface area contributed by atoms with Crippen LogP contribution in [0.25, 0.3) is 0 Å². The molecule has 0 radical (unpaired) electrons. The second-order valence-electron chi connectivity index (χ2n) is 12.8. The van der Waals surface area contributed by atoms with Crippen LogP contribution in [0, 0.1) is 5.92 Å². The topological polar surface area (TPSA) is 238 Å². The van der Waals surface area contributed by atoms with Crippen LogP contribution in [0.15, 0.2) is 0 Å². The van der Waals surface area contributed by atoms with Crippen LogP contribution in [0.5, 0.6) is 0 Å². The van der Waals surface area contributed by atoms with E-state index in [-0.39, 0.29) is 37.3 Å². The summed E-state index contributed by atoms with van der Waals surface area (Å²) in [4.78, 5) is 79.2. The van der Waals surface area contributed by atoms with Crippen LogP contribution in [0.4, 0.5) is 0 Å². The molecule has 0 aromatic carbocycles. The fourth-order valence-corrected chi connectivity index (χ4v) is 5.86. The summed E-state index contributed by atoms with van der Waals surface area (Å²) in [7, 11) is 0. The molecule has 0 bridgehead atoms. The maximum Gasteiger partial charge on any atom is 0.326 e. The number of hydrogen-bond donors (Lipinski definition) is 8. The van der Waals surface area contributed by atoms with Gasteiger partial charge in [0.15, 0.2) is 0 Å². The van der Waals surface area contributed by atoms with E-state index in [1.807, 2.05) is 13.8 Å². The number of carbonyl (C=O) groups is 6. The Morgan fingerprint density at radius 3 is 1.87 bits per heavy atom. The van der Waals surface area contributed by atoms with E-state index in [1.54, 1.807) is 0 Å². The Hall–Kier alpha value is -3.30. The molecule has 0 spiro atoms. The number of likely N-dealkylation sites (tertiary alicyclic amines) is 1. The summed E-state index contributed by atoms with van der Waals surface area (Å²) in [5.41, 5.74) is 11.3. The third-order valence-electron chi connectivity index (χ3n) is 8.43. The van der Waals surface area contributed by atoms with Crippen LogP contribution in [0.2, 0.25) is 0 Å². The highest BCUT2D eigenvalue weighted by molar-refractivity contribution is 5.96. The minimum absolute atomic E-state index is 0.00588. The molecule has 6 atom stereocenters. The van der Waals surface area contributed by atoms with Crippen molar-refractivity contribution in [1.82, 2.24) is 31.5 Å². The summed E-state index contributed by atoms with van der Waals surface area (Å²) in [5.74, 6) is -3.52. The Bertz CT molecular complexity index is 1040. The van der Waals surface area contributed by atoms with Crippen molar-refractivity contribution in [2.75, 3.05) is 26.2 Å². The van der Waals surface area contributed by atoms with E-state index in [4.69, 9.17) is 11.5 Å². The van der Waals surface area contributed by atoms with Crippen molar-refractivity contribution in [1.29, 1.82) is 0 Å². The number of hydrogen-bond acceptors (Lipinski definition) is 9. The van der Waals surface area contributed by atoms with Crippen molar-refractivity contribution in [3.8, 4) is 0 Å². The average Bonchev–Trinajstić information content (AvgIpc) is 3.72. The van der Waals surface area contributed by atoms with E-state index in [2.05, 4.69) is 26.6 Å². The fraction of sp³-hybridized carbons (Fsp3) is 0.806. The van der Waals surface area contributed by atoms with Crippen LogP contribution < -0.4 is 38.1 Å². The number of carbonyl (C=O) groups excluding carboxylic acids is 5. The Kier molecular flexibility index (Phi) is 16.9. The third-order valence-corrected chi connectivity index (χ3v) is 8.43. The molecule has 10 N–H and O–H groups in total. The van der Waals surface area contributed by atoms with Crippen LogP contribution >= 0.6 is 0 Å². The highest BCUT2D eigenvalue weighted by atomic mass is 16.4. The van der Waals surface area contributed by atoms with Gasteiger partial charge < -0.3 is 48.1 Å². The van der Waals surface area contributed by atoms with E-state index >= 15 is 0 Å². The number of nitrogens with zero attached hydrogens (tertiary/aromatic N) is 1. The Labute approximate surface area is 272 Å². The molecule has 46 heavy (non-hydrogen) atoms. The fourth-order valence-electron chi connectivity index (χ4n) is 5.86. The van der Waals surface area contributed by atoms with Gasteiger partial charge in [-0.3, -0.25) is 24.0 Å². The summed E-state index contributed by atoms with van der Waals surface area (Å²) in [6, 6.07) is -5.20. The van der Waals surface area contributed by atoms with E-state index in [1.165, 1.54) is 11.8 Å². The molecular formula is C31H56N8O7. The largest absolute Gasteiger partial charge is 0.480 e. The summed E-state index contributed by atoms with van der Waals surface area (Å²) in [5, 5.41) is 23.6. The van der Waals surface area contributed by atoms with Gasteiger partial charge in [0.2, 0.25) is 29.5 Å². The van der Waals surface area contributed by atoms with E-state index in [9.17, 15) is 33.9 Å². The van der Waals surface area contributed by atoms with Crippen LogP contribution in [-0.2, 0) is 28.8 Å². The summed E-state index contributed by atoms with van der Waals surface area (Å²) in [6.45, 7) is 7.12. The SMILES string of the molecule is CC(C)C[C@H](NC(=O)[C@H](CCCCN)NC(=O)[C@H](CCCCN)NC(=O)[C@@H]1CCCN1)C(=O)N[C@@H](C)C(=O)N1CCC[C@H]1C(=O)O. The number of unbranched alkanes of at least 4 members (excludes halogenated alkanes) is 2. The third kappa shape index (κ3) is 12.5. The standard InChI is InChI=1S/C31H56N8O7/c1-19(2)18-24(29(43)35-20(3)30(44)39-17-9-13-25(39)31(45)46)38-28(42)23(11-5-7-15-33)37-27(41)22(10-4-6-14-32)36-26(40)21-12-8-16-34-21/h19-25,34H,4-18,32-33H2,1-3H3,(H,35,43)(H,36,40)(H,37,41)(H,38,42)(H,45,46)/t20-,21-,22-,23-,24-,25-/m0/s1. The lowest BCUT2D eigenvalue weighted by Crippen LogP contribution is -2.59. The van der Waals surface area contributed by atoms with Gasteiger partial charge >= 0.3 is 5.97 Å². The van der Waals surface area contributed by atoms with Gasteiger partial charge in [-0.05, 0) is 103 Å². The van der Waals surface area contributed by atoms with Crippen molar-refractivity contribution >= 4 is 35.5 Å². The average molecular weight is 653 g/mol. The molecular weight excluding hydrogens is 596 g/mol. The molecule has 15 nitrogen and oxygen atoms in total. The van der Waals surface area contributed by atoms with Gasteiger partial charge in [0, 0.05) is 6.54 Å². The van der Waals surface area contributed by atoms with E-state index < -0.39 is 59.8 Å². The van der Waals surface area contributed by atoms with Gasteiger partial charge in [0.05, 0.1) is 6.04 Å². The Morgan fingerprint density at radius 2 is 1.35 bits per heavy atom. The highest BCUT2D eigenvalue weighted by Gasteiger charge is 2.37. The predicted octanol–water partition coefficient (Wildman–Crippen LogP) is -0.923. The summed E-state index contributed by atoms with van der Waals surface area (Å²) >= 11 is 0. The zero-order chi connectivity index (χ0) is 34.2. The lowest BCUT2D eigenvalue weighted by molar-refractivity contribution is -0.149. The van der Waals surface area contributed by atoms with Crippen LogP contribution in [-0.4, -0.2) is 108 Å². The molecule has 2 fully saturated rings. The molecule has 2 saturated heterocycles. The molecule has 0 saturated carbocycles. The minimum atomic E-state index is -1.09. The molecule has 15 heteroatoms. The Balaban J connectivity index is 2.15. The number of aliphatic carboxylic acids is 1. The molecule has 0 unspecified atom stereocenters. The number of carboxylic acid groups (broad SMARTS) is 1. The number of rotatable bonds is 20. The molecule has 5 amide bonds. The van der Waals surface area contributed by atoms with Crippen LogP contribution in [0.1, 0.15) is 91.4 Å². The number of nitrogens with two attached hydrogens (primary N) is 2. The van der Waals surface area contributed by atoms with Gasteiger partial charge in [-0.25, -0.2) is 4.79 Å². The van der Waals surface area contributed by atoms with Gasteiger partial charge in [0.25, 0.3) is 0 Å². The molecule has 0 aromatic rings. The number of nitrogens with one attached hydrogen (secondary N) is 5. The van der Waals surface area contributed by atoms with Crippen LogP contribution in [0.3, 0.4) is 0 Å². The number of amides is 5. The smallest absolute Gasteiger partial charge is 0.326 e. The van der Waals surface area contributed by atoms with E-state index in [0.717, 1.165) is 13.0 Å². The first-order valence-electron chi connectivity index (χ1n) is 16.8. The van der Waals surface area contributed by atoms with Gasteiger partial charge in [0.1, 0.15) is 30.2 Å². The van der Waals surface area contributed by atoms with Crippen molar-refractivity contribution in [3.05, 3.63) is 0 Å². The molecule has 2 aliphatic heterocycles. The molecule has 0 aromatic heterocycles. The molecule has 2 heterocycles. The van der Waals surface area contributed by atoms with E-state index in [0.29, 0.717) is 64.5 Å². The first-order chi connectivity index (χ1) is 21.9.